The zero-order valence-electron chi connectivity index (χ0n) is 13.2. The molecule has 0 atom stereocenters. The Bertz CT molecular complexity index is 436. The van der Waals surface area contributed by atoms with Crippen LogP contribution in [0.25, 0.3) is 0 Å². The van der Waals surface area contributed by atoms with E-state index in [-0.39, 0.29) is 5.91 Å². The van der Waals surface area contributed by atoms with Gasteiger partial charge in [0.05, 0.1) is 6.54 Å². The Hall–Kier alpha value is -1.39. The fourth-order valence-corrected chi connectivity index (χ4v) is 2.73. The second kappa shape index (κ2) is 8.15. The first-order chi connectivity index (χ1) is 10.2. The smallest absolute Gasteiger partial charge is 0.233 e. The third kappa shape index (κ3) is 5.14. The number of aryl methyl sites for hydroxylation is 1. The summed E-state index contributed by atoms with van der Waals surface area (Å²) in [7, 11) is 1.69. The number of rotatable bonds is 6. The lowest BCUT2D eigenvalue weighted by atomic mass is 10.0. The molecule has 4 heteroatoms. The van der Waals surface area contributed by atoms with Gasteiger partial charge in [-0.15, -0.1) is 0 Å². The number of piperidine rings is 1. The van der Waals surface area contributed by atoms with Gasteiger partial charge in [0.15, 0.2) is 0 Å². The van der Waals surface area contributed by atoms with Crippen LogP contribution in [-0.2, 0) is 17.8 Å². The number of likely N-dealkylation sites (N-methyl/N-ethyl adjacent to an activating group) is 1. The topological polar surface area (TPSA) is 44.4 Å². The first-order valence-corrected chi connectivity index (χ1v) is 7.95. The number of benzene rings is 1. The maximum Gasteiger partial charge on any atom is 0.233 e. The lowest BCUT2D eigenvalue weighted by molar-refractivity contribution is -0.122. The Labute approximate surface area is 127 Å². The second-order valence-corrected chi connectivity index (χ2v) is 5.77. The van der Waals surface area contributed by atoms with Gasteiger partial charge in [-0.2, -0.15) is 0 Å². The van der Waals surface area contributed by atoms with Crippen LogP contribution < -0.4 is 10.6 Å². The fraction of sp³-hybridized carbons (Fsp3) is 0.588. The summed E-state index contributed by atoms with van der Waals surface area (Å²) < 4.78 is 0. The van der Waals surface area contributed by atoms with Crippen LogP contribution in [0.4, 0.5) is 0 Å². The molecule has 0 radical (unpaired) electrons. The highest BCUT2D eigenvalue weighted by Gasteiger charge is 2.19. The molecule has 1 aliphatic heterocycles. The first kappa shape index (κ1) is 16.0. The van der Waals surface area contributed by atoms with Crippen LogP contribution in [-0.4, -0.2) is 43.5 Å². The fourth-order valence-electron chi connectivity index (χ4n) is 2.73. The van der Waals surface area contributed by atoms with Crippen molar-refractivity contribution in [3.05, 3.63) is 35.4 Å². The van der Waals surface area contributed by atoms with Crippen LogP contribution in [0, 0.1) is 0 Å². The molecule has 0 bridgehead atoms. The number of amides is 1. The zero-order valence-corrected chi connectivity index (χ0v) is 13.2. The SMILES string of the molecule is CCc1ccc(CNC2CCN(CC(=O)NC)CC2)cc1. The Balaban J connectivity index is 1.69. The molecule has 0 aliphatic carbocycles. The molecule has 4 nitrogen and oxygen atoms in total. The summed E-state index contributed by atoms with van der Waals surface area (Å²) >= 11 is 0. The van der Waals surface area contributed by atoms with Gasteiger partial charge in [-0.25, -0.2) is 0 Å². The van der Waals surface area contributed by atoms with Crippen molar-refractivity contribution >= 4 is 5.91 Å². The van der Waals surface area contributed by atoms with Gasteiger partial charge in [-0.1, -0.05) is 31.2 Å². The van der Waals surface area contributed by atoms with Crippen LogP contribution >= 0.6 is 0 Å². The van der Waals surface area contributed by atoms with Gasteiger partial charge in [0.1, 0.15) is 0 Å². The molecular weight excluding hydrogens is 262 g/mol. The predicted octanol–water partition coefficient (Wildman–Crippen LogP) is 1.55. The van der Waals surface area contributed by atoms with Crippen LogP contribution in [0.1, 0.15) is 30.9 Å². The summed E-state index contributed by atoms with van der Waals surface area (Å²) in [6.45, 7) is 5.64. The van der Waals surface area contributed by atoms with Crippen LogP contribution in [0.3, 0.4) is 0 Å². The third-order valence-electron chi connectivity index (χ3n) is 4.26. The van der Waals surface area contributed by atoms with Gasteiger partial charge in [0, 0.05) is 32.7 Å². The molecule has 0 unspecified atom stereocenters. The maximum atomic E-state index is 11.4. The normalized spacial score (nSPS) is 16.9. The number of likely N-dealkylation sites (tertiary alicyclic amines) is 1. The molecule has 1 saturated heterocycles. The molecule has 0 aromatic heterocycles. The van der Waals surface area contributed by atoms with E-state index in [0.717, 1.165) is 38.9 Å². The van der Waals surface area contributed by atoms with Gasteiger partial charge in [0.2, 0.25) is 5.91 Å². The summed E-state index contributed by atoms with van der Waals surface area (Å²) in [4.78, 5) is 13.6. The number of nitrogens with one attached hydrogen (secondary N) is 2. The highest BCUT2D eigenvalue weighted by atomic mass is 16.1. The summed E-state index contributed by atoms with van der Waals surface area (Å²) in [5, 5.41) is 6.32. The van der Waals surface area contributed by atoms with Crippen LogP contribution in [0.5, 0.6) is 0 Å². The molecule has 0 spiro atoms. The van der Waals surface area contributed by atoms with E-state index in [1.54, 1.807) is 7.05 Å². The molecule has 1 heterocycles. The maximum absolute atomic E-state index is 11.4. The van der Waals surface area contributed by atoms with Crippen LogP contribution in [0.15, 0.2) is 24.3 Å². The number of nitrogens with zero attached hydrogens (tertiary/aromatic N) is 1. The first-order valence-electron chi connectivity index (χ1n) is 7.95. The van der Waals surface area contributed by atoms with Crippen molar-refractivity contribution < 1.29 is 4.79 Å². The summed E-state index contributed by atoms with van der Waals surface area (Å²) in [6.07, 6.45) is 3.32. The van der Waals surface area contributed by atoms with E-state index in [1.807, 2.05) is 0 Å². The molecule has 116 valence electrons. The molecule has 2 rings (SSSR count). The van der Waals surface area contributed by atoms with Gasteiger partial charge in [-0.05, 0) is 30.4 Å². The second-order valence-electron chi connectivity index (χ2n) is 5.77. The molecule has 1 aromatic rings. The average Bonchev–Trinajstić information content (AvgIpc) is 2.54. The van der Waals surface area contributed by atoms with Gasteiger partial charge >= 0.3 is 0 Å². The molecular formula is C17H27N3O. The van der Waals surface area contributed by atoms with E-state index < -0.39 is 0 Å². The van der Waals surface area contributed by atoms with E-state index in [4.69, 9.17) is 0 Å². The summed E-state index contributed by atoms with van der Waals surface area (Å²) in [6, 6.07) is 9.42. The average molecular weight is 289 g/mol. The monoisotopic (exact) mass is 289 g/mol. The minimum absolute atomic E-state index is 0.109. The van der Waals surface area contributed by atoms with Crippen molar-refractivity contribution in [1.82, 2.24) is 15.5 Å². The molecule has 1 amide bonds. The largest absolute Gasteiger partial charge is 0.358 e. The van der Waals surface area contributed by atoms with Crippen molar-refractivity contribution in [2.24, 2.45) is 0 Å². The van der Waals surface area contributed by atoms with E-state index in [2.05, 4.69) is 46.7 Å². The van der Waals surface area contributed by atoms with Crippen molar-refractivity contribution in [2.45, 2.75) is 38.8 Å². The van der Waals surface area contributed by atoms with Crippen molar-refractivity contribution in [3.63, 3.8) is 0 Å². The van der Waals surface area contributed by atoms with Crippen molar-refractivity contribution in [1.29, 1.82) is 0 Å². The van der Waals surface area contributed by atoms with E-state index in [9.17, 15) is 4.79 Å². The van der Waals surface area contributed by atoms with E-state index in [0.29, 0.717) is 12.6 Å². The number of hydrogen-bond donors (Lipinski definition) is 2. The van der Waals surface area contributed by atoms with E-state index in [1.165, 1.54) is 11.1 Å². The van der Waals surface area contributed by atoms with Gasteiger partial charge < -0.3 is 10.6 Å². The molecule has 1 aliphatic rings. The Kier molecular flexibility index (Phi) is 6.21. The lowest BCUT2D eigenvalue weighted by Gasteiger charge is -2.31. The highest BCUT2D eigenvalue weighted by molar-refractivity contribution is 5.77. The quantitative estimate of drug-likeness (QED) is 0.835. The molecule has 0 saturated carbocycles. The molecule has 21 heavy (non-hydrogen) atoms. The standard InChI is InChI=1S/C17H27N3O/c1-3-14-4-6-15(7-5-14)12-19-16-8-10-20(11-9-16)13-17(21)18-2/h4-7,16,19H,3,8-13H2,1-2H3,(H,18,21). The molecule has 1 aromatic carbocycles. The zero-order chi connectivity index (χ0) is 15.1. The van der Waals surface area contributed by atoms with Crippen molar-refractivity contribution in [2.75, 3.05) is 26.7 Å². The molecule has 2 N–H and O–H groups in total. The lowest BCUT2D eigenvalue weighted by Crippen LogP contribution is -2.45. The number of carbonyl (C=O) groups excluding carboxylic acids is 1. The minimum Gasteiger partial charge on any atom is -0.358 e. The molecule has 1 fully saturated rings. The number of hydrogen-bond acceptors (Lipinski definition) is 3. The van der Waals surface area contributed by atoms with Crippen LogP contribution in [0.2, 0.25) is 0 Å². The minimum atomic E-state index is 0.109. The highest BCUT2D eigenvalue weighted by Crippen LogP contribution is 2.11. The summed E-state index contributed by atoms with van der Waals surface area (Å²) in [5.74, 6) is 0.109. The number of carbonyl (C=O) groups is 1. The predicted molar refractivity (Wildman–Crippen MR) is 86.2 cm³/mol. The Morgan fingerprint density at radius 3 is 2.38 bits per heavy atom. The Morgan fingerprint density at radius 1 is 1.19 bits per heavy atom. The van der Waals surface area contributed by atoms with Gasteiger partial charge in [0.25, 0.3) is 0 Å². The van der Waals surface area contributed by atoms with Crippen molar-refractivity contribution in [3.8, 4) is 0 Å². The van der Waals surface area contributed by atoms with E-state index >= 15 is 0 Å². The third-order valence-corrected chi connectivity index (χ3v) is 4.26. The van der Waals surface area contributed by atoms with Gasteiger partial charge in [-0.3, -0.25) is 9.69 Å². The summed E-state index contributed by atoms with van der Waals surface area (Å²) in [5.41, 5.74) is 2.74. The Morgan fingerprint density at radius 2 is 1.81 bits per heavy atom.